The number of aromatic hydroxyl groups is 1. The number of hydrogen-bond donors (Lipinski definition) is 2. The topological polar surface area (TPSA) is 142 Å². The molecule has 2 N–H and O–H groups in total. The van der Waals surface area contributed by atoms with Gasteiger partial charge in [-0.25, -0.2) is 5.43 Å². The van der Waals surface area contributed by atoms with E-state index in [0.717, 1.165) is 31.0 Å². The lowest BCUT2D eigenvalue weighted by Crippen LogP contribution is -2.46. The highest BCUT2D eigenvalue weighted by atomic mass is 19.4. The first-order chi connectivity index (χ1) is 18.2. The molecule has 1 saturated heterocycles. The zero-order chi connectivity index (χ0) is 27.1. The summed E-state index contributed by atoms with van der Waals surface area (Å²) in [6.07, 6.45) is -3.51. The Bertz CT molecular complexity index is 1290. The third-order valence-electron chi connectivity index (χ3n) is 5.46. The van der Waals surface area contributed by atoms with Crippen LogP contribution in [0.1, 0.15) is 11.1 Å². The smallest absolute Gasteiger partial charge is 0.422 e. The number of piperazine rings is 1. The van der Waals surface area contributed by atoms with Crippen molar-refractivity contribution in [1.82, 2.24) is 19.9 Å². The summed E-state index contributed by atoms with van der Waals surface area (Å²) in [4.78, 5) is 26.5. The van der Waals surface area contributed by atoms with Crippen molar-refractivity contribution < 1.29 is 27.9 Å². The first-order valence-electron chi connectivity index (χ1n) is 11.4. The molecule has 0 aliphatic carbocycles. The van der Waals surface area contributed by atoms with Crippen molar-refractivity contribution in [3.8, 4) is 11.8 Å². The number of anilines is 2. The first-order valence-corrected chi connectivity index (χ1v) is 11.4. The van der Waals surface area contributed by atoms with Gasteiger partial charge in [0, 0.05) is 50.4 Å². The summed E-state index contributed by atoms with van der Waals surface area (Å²) in [5.74, 6) is -0.368. The molecule has 0 unspecified atom stereocenters. The number of hydrogen-bond acceptors (Lipinski definition) is 11. The normalized spacial score (nSPS) is 14.6. The van der Waals surface area contributed by atoms with Crippen LogP contribution in [0.2, 0.25) is 0 Å². The van der Waals surface area contributed by atoms with Gasteiger partial charge in [-0.3, -0.25) is 15.0 Å². The molecule has 2 heterocycles. The molecule has 1 aliphatic heterocycles. The molecular weight excluding hydrogens is 509 g/mol. The lowest BCUT2D eigenvalue weighted by molar-refractivity contribution is -0.384. The van der Waals surface area contributed by atoms with Gasteiger partial charge in [0.1, 0.15) is 5.75 Å². The summed E-state index contributed by atoms with van der Waals surface area (Å²) in [5.41, 5.74) is 3.39. The fourth-order valence-corrected chi connectivity index (χ4v) is 3.61. The Balaban J connectivity index is 1.48. The molecule has 15 heteroatoms. The highest BCUT2D eigenvalue weighted by Crippen LogP contribution is 2.23. The molecule has 0 bridgehead atoms. The van der Waals surface area contributed by atoms with Crippen LogP contribution in [-0.2, 0) is 6.54 Å². The van der Waals surface area contributed by atoms with Crippen molar-refractivity contribution in [3.05, 3.63) is 69.8 Å². The SMILES string of the molecule is O=[N+]([O-])c1ccc(O)c(/C=N/Nc2nc(OCC(F)(F)F)nc(N3CCN(Cc4ccccc4)CC3)n2)c1. The van der Waals surface area contributed by atoms with Crippen molar-refractivity contribution in [2.45, 2.75) is 12.7 Å². The average molecular weight is 532 g/mol. The van der Waals surface area contributed by atoms with Crippen LogP contribution in [0.4, 0.5) is 30.8 Å². The molecule has 0 saturated carbocycles. The standard InChI is InChI=1S/C23H23F3N8O4/c24-23(25,26)15-38-22-29-20(31-27-13-17-12-18(34(36)37)6-7-19(17)35)28-21(30-22)33-10-8-32(9-11-33)14-16-4-2-1-3-5-16/h1-7,12-13,35H,8-11,14-15H2,(H,28,29,30,31)/b27-13+. The number of non-ortho nitro benzene ring substituents is 1. The van der Waals surface area contributed by atoms with Crippen LogP contribution < -0.4 is 15.1 Å². The minimum Gasteiger partial charge on any atom is -0.507 e. The lowest BCUT2D eigenvalue weighted by Gasteiger charge is -2.34. The van der Waals surface area contributed by atoms with Crippen LogP contribution in [0.25, 0.3) is 0 Å². The van der Waals surface area contributed by atoms with Crippen LogP contribution in [0.3, 0.4) is 0 Å². The van der Waals surface area contributed by atoms with Crippen LogP contribution in [-0.4, -0.2) is 75.1 Å². The lowest BCUT2D eigenvalue weighted by atomic mass is 10.2. The number of nitro groups is 1. The summed E-state index contributed by atoms with van der Waals surface area (Å²) >= 11 is 0. The number of hydrazone groups is 1. The quantitative estimate of drug-likeness (QED) is 0.240. The Kier molecular flexibility index (Phi) is 8.15. The molecular formula is C23H23F3N8O4. The minimum absolute atomic E-state index is 0.0315. The van der Waals surface area contributed by atoms with Crippen LogP contribution in [0.15, 0.2) is 53.6 Å². The monoisotopic (exact) mass is 532 g/mol. The summed E-state index contributed by atoms with van der Waals surface area (Å²) in [6.45, 7) is 1.54. The van der Waals surface area contributed by atoms with Crippen molar-refractivity contribution in [2.75, 3.05) is 43.1 Å². The second-order valence-electron chi connectivity index (χ2n) is 8.26. The largest absolute Gasteiger partial charge is 0.507 e. The third kappa shape index (κ3) is 7.49. The molecule has 1 aromatic heterocycles. The van der Waals surface area contributed by atoms with Crippen LogP contribution in [0, 0.1) is 10.1 Å². The summed E-state index contributed by atoms with van der Waals surface area (Å²) in [5, 5.41) is 24.7. The Morgan fingerprint density at radius 2 is 1.84 bits per heavy atom. The van der Waals surface area contributed by atoms with E-state index in [1.54, 1.807) is 4.90 Å². The maximum atomic E-state index is 12.7. The maximum Gasteiger partial charge on any atom is 0.422 e. The highest BCUT2D eigenvalue weighted by molar-refractivity contribution is 5.84. The van der Waals surface area contributed by atoms with Crippen molar-refractivity contribution >= 4 is 23.8 Å². The van der Waals surface area contributed by atoms with E-state index in [0.29, 0.717) is 26.2 Å². The minimum atomic E-state index is -4.60. The Hall–Kier alpha value is -4.53. The maximum absolute atomic E-state index is 12.7. The fourth-order valence-electron chi connectivity index (χ4n) is 3.61. The molecule has 0 spiro atoms. The number of halogens is 3. The molecule has 0 atom stereocenters. The van der Waals surface area contributed by atoms with Crippen LogP contribution in [0.5, 0.6) is 11.8 Å². The summed E-state index contributed by atoms with van der Waals surface area (Å²) < 4.78 is 42.9. The van der Waals surface area contributed by atoms with Gasteiger partial charge >= 0.3 is 12.2 Å². The predicted octanol–water partition coefficient (Wildman–Crippen LogP) is 3.19. The Morgan fingerprint density at radius 1 is 1.11 bits per heavy atom. The van der Waals surface area contributed by atoms with E-state index in [9.17, 15) is 28.4 Å². The Morgan fingerprint density at radius 3 is 2.53 bits per heavy atom. The van der Waals surface area contributed by atoms with E-state index >= 15 is 0 Å². The summed E-state index contributed by atoms with van der Waals surface area (Å²) in [6, 6.07) is 12.8. The van der Waals surface area contributed by atoms with Gasteiger partial charge in [0.05, 0.1) is 11.1 Å². The number of benzene rings is 2. The van der Waals surface area contributed by atoms with E-state index in [2.05, 4.69) is 30.4 Å². The number of phenols is 1. The number of ether oxygens (including phenoxy) is 1. The van der Waals surface area contributed by atoms with Crippen molar-refractivity contribution in [2.24, 2.45) is 5.10 Å². The number of alkyl halides is 3. The van der Waals surface area contributed by atoms with Crippen molar-refractivity contribution in [1.29, 1.82) is 0 Å². The molecule has 0 amide bonds. The molecule has 4 rings (SSSR count). The molecule has 1 fully saturated rings. The van der Waals surface area contributed by atoms with Gasteiger partial charge in [0.15, 0.2) is 6.61 Å². The second-order valence-corrected chi connectivity index (χ2v) is 8.26. The van der Waals surface area contributed by atoms with Crippen LogP contribution >= 0.6 is 0 Å². The number of rotatable bonds is 9. The van der Waals surface area contributed by atoms with Gasteiger partial charge in [-0.05, 0) is 11.6 Å². The zero-order valence-corrected chi connectivity index (χ0v) is 19.9. The van der Waals surface area contributed by atoms with Gasteiger partial charge in [0.2, 0.25) is 5.95 Å². The Labute approximate surface area is 214 Å². The number of nitro benzene ring substituents is 1. The van der Waals surface area contributed by atoms with E-state index < -0.39 is 23.7 Å². The molecule has 1 aliphatic rings. The number of aromatic nitrogens is 3. The fraction of sp³-hybridized carbons (Fsp3) is 0.304. The number of nitrogens with one attached hydrogen (secondary N) is 1. The van der Waals surface area contributed by atoms with E-state index in [1.165, 1.54) is 5.56 Å². The number of phenolic OH excluding ortho intramolecular Hbond substituents is 1. The molecule has 38 heavy (non-hydrogen) atoms. The van der Waals surface area contributed by atoms with Gasteiger partial charge in [0.25, 0.3) is 11.6 Å². The third-order valence-corrected chi connectivity index (χ3v) is 5.46. The molecule has 0 radical (unpaired) electrons. The molecule has 200 valence electrons. The number of nitrogens with zero attached hydrogens (tertiary/aromatic N) is 7. The average Bonchev–Trinajstić information content (AvgIpc) is 2.89. The van der Waals surface area contributed by atoms with Gasteiger partial charge < -0.3 is 14.7 Å². The first kappa shape index (κ1) is 26.5. The van der Waals surface area contributed by atoms with Gasteiger partial charge in [-0.15, -0.1) is 0 Å². The highest BCUT2D eigenvalue weighted by Gasteiger charge is 2.29. The van der Waals surface area contributed by atoms with E-state index in [4.69, 9.17) is 4.74 Å². The summed E-state index contributed by atoms with van der Waals surface area (Å²) in [7, 11) is 0. The van der Waals surface area contributed by atoms with E-state index in [1.807, 2.05) is 30.3 Å². The molecule has 3 aromatic rings. The van der Waals surface area contributed by atoms with Crippen molar-refractivity contribution in [3.63, 3.8) is 0 Å². The molecule has 12 nitrogen and oxygen atoms in total. The zero-order valence-electron chi connectivity index (χ0n) is 19.9. The second kappa shape index (κ2) is 11.7. The predicted molar refractivity (Wildman–Crippen MR) is 131 cm³/mol. The van der Waals surface area contributed by atoms with Gasteiger partial charge in [-0.2, -0.15) is 33.2 Å². The van der Waals surface area contributed by atoms with Gasteiger partial charge in [-0.1, -0.05) is 30.3 Å². The molecule has 2 aromatic carbocycles. The van der Waals surface area contributed by atoms with E-state index in [-0.39, 0.29) is 28.9 Å².